The summed E-state index contributed by atoms with van der Waals surface area (Å²) in [5, 5.41) is 0. The van der Waals surface area contributed by atoms with Gasteiger partial charge in [0.2, 0.25) is 0 Å². The fourth-order valence-corrected chi connectivity index (χ4v) is 2.25. The van der Waals surface area contributed by atoms with Gasteiger partial charge in [-0.2, -0.15) is 0 Å². The zero-order valence-corrected chi connectivity index (χ0v) is 9.64. The highest BCUT2D eigenvalue weighted by molar-refractivity contribution is 5.70. The molecule has 3 rings (SSSR count). The third kappa shape index (κ3) is 2.07. The SMILES string of the molecule is c1ccc(Cc2ccc3cccccc2-3)cc1. The first-order chi connectivity index (χ1) is 8.43. The van der Waals surface area contributed by atoms with Gasteiger partial charge < -0.3 is 0 Å². The molecule has 0 saturated carbocycles. The van der Waals surface area contributed by atoms with Gasteiger partial charge in [-0.05, 0) is 28.7 Å². The van der Waals surface area contributed by atoms with E-state index >= 15 is 0 Å². The molecular formula is C17H14. The van der Waals surface area contributed by atoms with Gasteiger partial charge in [-0.15, -0.1) is 0 Å². The van der Waals surface area contributed by atoms with Gasteiger partial charge in [-0.1, -0.05) is 72.8 Å². The molecule has 0 unspecified atom stereocenters. The highest BCUT2D eigenvalue weighted by Crippen LogP contribution is 2.28. The summed E-state index contributed by atoms with van der Waals surface area (Å²) in [5.74, 6) is 0. The zero-order chi connectivity index (χ0) is 11.5. The Hall–Kier alpha value is -2.08. The number of fused-ring (bicyclic) bond motifs is 1. The van der Waals surface area contributed by atoms with Gasteiger partial charge >= 0.3 is 0 Å². The summed E-state index contributed by atoms with van der Waals surface area (Å²) in [4.78, 5) is 0. The van der Waals surface area contributed by atoms with Crippen molar-refractivity contribution in [1.29, 1.82) is 0 Å². The van der Waals surface area contributed by atoms with Crippen LogP contribution in [0.3, 0.4) is 0 Å². The average Bonchev–Trinajstić information content (AvgIpc) is 2.61. The molecule has 0 saturated heterocycles. The van der Waals surface area contributed by atoms with E-state index in [4.69, 9.17) is 0 Å². The van der Waals surface area contributed by atoms with Crippen LogP contribution in [0.25, 0.3) is 11.1 Å². The monoisotopic (exact) mass is 218 g/mol. The largest absolute Gasteiger partial charge is 0.0622 e. The molecule has 0 radical (unpaired) electrons. The Morgan fingerprint density at radius 1 is 0.588 bits per heavy atom. The molecule has 0 amide bonds. The lowest BCUT2D eigenvalue weighted by Gasteiger charge is -2.02. The molecule has 0 heterocycles. The fourth-order valence-electron chi connectivity index (χ4n) is 2.25. The Morgan fingerprint density at radius 2 is 1.29 bits per heavy atom. The molecule has 0 nitrogen and oxygen atoms in total. The minimum Gasteiger partial charge on any atom is -0.0622 e. The van der Waals surface area contributed by atoms with E-state index in [1.165, 1.54) is 22.3 Å². The first-order valence-electron chi connectivity index (χ1n) is 5.94. The van der Waals surface area contributed by atoms with Gasteiger partial charge in [0.1, 0.15) is 0 Å². The van der Waals surface area contributed by atoms with E-state index in [1.54, 1.807) is 0 Å². The minimum atomic E-state index is 1.01. The van der Waals surface area contributed by atoms with E-state index in [-0.39, 0.29) is 0 Å². The van der Waals surface area contributed by atoms with Crippen molar-refractivity contribution in [2.24, 2.45) is 0 Å². The predicted octanol–water partition coefficient (Wildman–Crippen LogP) is 4.38. The first-order valence-corrected chi connectivity index (χ1v) is 5.94. The van der Waals surface area contributed by atoms with Gasteiger partial charge in [0.15, 0.2) is 0 Å². The van der Waals surface area contributed by atoms with Crippen LogP contribution in [0.15, 0.2) is 72.8 Å². The summed E-state index contributed by atoms with van der Waals surface area (Å²) in [6.45, 7) is 0. The van der Waals surface area contributed by atoms with Gasteiger partial charge in [-0.25, -0.2) is 0 Å². The van der Waals surface area contributed by atoms with E-state index in [0.29, 0.717) is 0 Å². The smallest absolute Gasteiger partial charge is 0.00196 e. The summed E-state index contributed by atoms with van der Waals surface area (Å²) >= 11 is 0. The van der Waals surface area contributed by atoms with Crippen LogP contribution in [-0.4, -0.2) is 0 Å². The van der Waals surface area contributed by atoms with Gasteiger partial charge in [0, 0.05) is 0 Å². The number of hydrogen-bond acceptors (Lipinski definition) is 0. The molecule has 82 valence electrons. The molecule has 0 aliphatic heterocycles. The molecular weight excluding hydrogens is 204 g/mol. The van der Waals surface area contributed by atoms with Crippen molar-refractivity contribution < 1.29 is 0 Å². The molecule has 1 aromatic carbocycles. The molecule has 0 heteroatoms. The summed E-state index contributed by atoms with van der Waals surface area (Å²) in [7, 11) is 0. The summed E-state index contributed by atoms with van der Waals surface area (Å²) in [6.07, 6.45) is 1.01. The van der Waals surface area contributed by atoms with Gasteiger partial charge in [-0.3, -0.25) is 0 Å². The highest BCUT2D eigenvalue weighted by Gasteiger charge is 2.07. The Kier molecular flexibility index (Phi) is 2.63. The Morgan fingerprint density at radius 3 is 2.12 bits per heavy atom. The maximum atomic E-state index is 2.23. The van der Waals surface area contributed by atoms with Crippen LogP contribution in [0.4, 0.5) is 0 Å². The molecule has 0 bridgehead atoms. The molecule has 1 aromatic rings. The highest BCUT2D eigenvalue weighted by atomic mass is 14.1. The number of hydrogen-bond donors (Lipinski definition) is 0. The van der Waals surface area contributed by atoms with E-state index in [2.05, 4.69) is 72.8 Å². The number of benzene rings is 1. The summed E-state index contributed by atoms with van der Waals surface area (Å²) in [5.41, 5.74) is 5.45. The molecule has 2 aliphatic carbocycles. The Bertz CT molecular complexity index is 581. The molecule has 0 fully saturated rings. The maximum absolute atomic E-state index is 2.23. The van der Waals surface area contributed by atoms with Crippen molar-refractivity contribution in [2.45, 2.75) is 6.42 Å². The van der Waals surface area contributed by atoms with Crippen LogP contribution in [0.2, 0.25) is 0 Å². The normalized spacial score (nSPS) is 10.6. The topological polar surface area (TPSA) is 0 Å². The minimum absolute atomic E-state index is 1.01. The van der Waals surface area contributed by atoms with Crippen LogP contribution in [0.5, 0.6) is 0 Å². The molecule has 0 spiro atoms. The van der Waals surface area contributed by atoms with Gasteiger partial charge in [0.25, 0.3) is 0 Å². The summed E-state index contributed by atoms with van der Waals surface area (Å²) in [6, 6.07) is 25.7. The standard InChI is InChI=1S/C17H14/c1-3-7-14(8-4-1)13-16-12-11-15-9-5-2-6-10-17(15)16/h1-12H,13H2. The second kappa shape index (κ2) is 4.42. The van der Waals surface area contributed by atoms with Crippen LogP contribution in [-0.2, 0) is 6.42 Å². The molecule has 0 N–H and O–H groups in total. The van der Waals surface area contributed by atoms with Gasteiger partial charge in [0.05, 0.1) is 0 Å². The van der Waals surface area contributed by atoms with Crippen LogP contribution in [0, 0.1) is 0 Å². The first kappa shape index (κ1) is 10.1. The zero-order valence-electron chi connectivity index (χ0n) is 9.64. The molecule has 17 heavy (non-hydrogen) atoms. The van der Waals surface area contributed by atoms with E-state index in [1.807, 2.05) is 0 Å². The fraction of sp³-hybridized carbons (Fsp3) is 0.0588. The van der Waals surface area contributed by atoms with Crippen LogP contribution in [0.1, 0.15) is 11.1 Å². The van der Waals surface area contributed by atoms with E-state index in [0.717, 1.165) is 6.42 Å². The van der Waals surface area contributed by atoms with Crippen molar-refractivity contribution in [3.8, 4) is 11.1 Å². The van der Waals surface area contributed by atoms with Crippen molar-refractivity contribution in [3.63, 3.8) is 0 Å². The average molecular weight is 218 g/mol. The Labute approximate surface area is 102 Å². The quantitative estimate of drug-likeness (QED) is 0.598. The van der Waals surface area contributed by atoms with Crippen LogP contribution >= 0.6 is 0 Å². The number of rotatable bonds is 2. The molecule has 2 aliphatic rings. The van der Waals surface area contributed by atoms with Crippen molar-refractivity contribution in [2.75, 3.05) is 0 Å². The molecule has 0 aromatic heterocycles. The summed E-state index contributed by atoms with van der Waals surface area (Å²) < 4.78 is 0. The molecule has 0 atom stereocenters. The van der Waals surface area contributed by atoms with Crippen molar-refractivity contribution in [1.82, 2.24) is 0 Å². The second-order valence-corrected chi connectivity index (χ2v) is 4.30. The predicted molar refractivity (Wildman–Crippen MR) is 72.3 cm³/mol. The lowest BCUT2D eigenvalue weighted by Crippen LogP contribution is -1.86. The van der Waals surface area contributed by atoms with E-state index in [9.17, 15) is 0 Å². The van der Waals surface area contributed by atoms with E-state index < -0.39 is 0 Å². The third-order valence-corrected chi connectivity index (χ3v) is 3.12. The van der Waals surface area contributed by atoms with Crippen LogP contribution < -0.4 is 0 Å². The second-order valence-electron chi connectivity index (χ2n) is 4.30. The lowest BCUT2D eigenvalue weighted by molar-refractivity contribution is 1.21. The van der Waals surface area contributed by atoms with Crippen molar-refractivity contribution in [3.05, 3.63) is 83.9 Å². The van der Waals surface area contributed by atoms with Crippen molar-refractivity contribution >= 4 is 0 Å². The Balaban J connectivity index is 1.99. The maximum Gasteiger partial charge on any atom is -0.00196 e. The lowest BCUT2D eigenvalue weighted by atomic mass is 10.0. The third-order valence-electron chi connectivity index (χ3n) is 3.12.